The Kier molecular flexibility index (Phi) is 8.06. The van der Waals surface area contributed by atoms with E-state index in [9.17, 15) is 18.0 Å². The number of nitrogens with zero attached hydrogens (tertiary/aromatic N) is 2. The van der Waals surface area contributed by atoms with E-state index in [1.165, 1.54) is 19.0 Å². The maximum absolute atomic E-state index is 13.4. The predicted molar refractivity (Wildman–Crippen MR) is 134 cm³/mol. The smallest absolute Gasteiger partial charge is 0.243 e. The van der Waals surface area contributed by atoms with Gasteiger partial charge in [-0.25, -0.2) is 8.42 Å². The van der Waals surface area contributed by atoms with Gasteiger partial charge in [-0.15, -0.1) is 0 Å². The number of amides is 2. The van der Waals surface area contributed by atoms with E-state index in [-0.39, 0.29) is 23.9 Å². The molecule has 2 amide bonds. The molecule has 1 N–H and O–H groups in total. The Hall–Kier alpha value is -3.23. The predicted octanol–water partition coefficient (Wildman–Crippen LogP) is 3.32. The van der Waals surface area contributed by atoms with Crippen molar-refractivity contribution < 1.29 is 18.0 Å². The summed E-state index contributed by atoms with van der Waals surface area (Å²) in [7, 11) is -1.00. The zero-order chi connectivity index (χ0) is 24.9. The molecular weight excluding hydrogens is 450 g/mol. The van der Waals surface area contributed by atoms with Gasteiger partial charge >= 0.3 is 0 Å². The second kappa shape index (κ2) is 10.8. The van der Waals surface area contributed by atoms with Gasteiger partial charge in [-0.2, -0.15) is 4.31 Å². The van der Waals surface area contributed by atoms with Crippen molar-refractivity contribution in [3.8, 4) is 0 Å². The SMILES string of the molecule is CC[C@@H](C(=O)NC)N(Cc1ccc(C)cc1)C(=O)CN(C)S(=O)(=O)c1ccc2ccccc2c1. The molecule has 0 fully saturated rings. The van der Waals surface area contributed by atoms with Crippen LogP contribution < -0.4 is 5.32 Å². The molecule has 8 heteroatoms. The van der Waals surface area contributed by atoms with Crippen LogP contribution in [0.2, 0.25) is 0 Å². The van der Waals surface area contributed by atoms with Crippen molar-refractivity contribution >= 4 is 32.6 Å². The van der Waals surface area contributed by atoms with Gasteiger partial charge in [-0.3, -0.25) is 9.59 Å². The third-order valence-electron chi connectivity index (χ3n) is 5.89. The van der Waals surface area contributed by atoms with Gasteiger partial charge in [0, 0.05) is 20.6 Å². The standard InChI is InChI=1S/C26H31N3O4S/c1-5-24(26(31)27-3)29(17-20-12-10-19(2)11-13-20)25(30)18-28(4)34(32,33)23-15-14-21-8-6-7-9-22(21)16-23/h6-16,24H,5,17-18H2,1-4H3,(H,27,31)/t24-/m0/s1. The Morgan fingerprint density at radius 3 is 2.24 bits per heavy atom. The highest BCUT2D eigenvalue weighted by molar-refractivity contribution is 7.89. The fourth-order valence-corrected chi connectivity index (χ4v) is 5.01. The van der Waals surface area contributed by atoms with Gasteiger partial charge in [-0.05, 0) is 41.8 Å². The van der Waals surface area contributed by atoms with Gasteiger partial charge in [0.1, 0.15) is 6.04 Å². The third kappa shape index (κ3) is 5.63. The largest absolute Gasteiger partial charge is 0.357 e. The number of carbonyl (C=O) groups excluding carboxylic acids is 2. The van der Waals surface area contributed by atoms with E-state index in [2.05, 4.69) is 5.32 Å². The fourth-order valence-electron chi connectivity index (χ4n) is 3.85. The molecule has 7 nitrogen and oxygen atoms in total. The van der Waals surface area contributed by atoms with E-state index in [1.54, 1.807) is 18.2 Å². The molecule has 0 spiro atoms. The lowest BCUT2D eigenvalue weighted by atomic mass is 10.1. The first-order chi connectivity index (χ1) is 16.2. The molecule has 3 aromatic carbocycles. The first-order valence-electron chi connectivity index (χ1n) is 11.2. The summed E-state index contributed by atoms with van der Waals surface area (Å²) in [6.45, 7) is 3.62. The lowest BCUT2D eigenvalue weighted by Gasteiger charge is -2.31. The number of nitrogens with one attached hydrogen (secondary N) is 1. The van der Waals surface area contributed by atoms with Gasteiger partial charge < -0.3 is 10.2 Å². The summed E-state index contributed by atoms with van der Waals surface area (Å²) in [6.07, 6.45) is 0.401. The van der Waals surface area contributed by atoms with Crippen LogP contribution in [0.4, 0.5) is 0 Å². The molecule has 3 rings (SSSR count). The molecule has 180 valence electrons. The van der Waals surface area contributed by atoms with Crippen molar-refractivity contribution in [1.29, 1.82) is 0 Å². The van der Waals surface area contributed by atoms with Crippen molar-refractivity contribution in [2.75, 3.05) is 20.6 Å². The average Bonchev–Trinajstić information content (AvgIpc) is 2.84. The van der Waals surface area contributed by atoms with E-state index in [0.29, 0.717) is 6.42 Å². The summed E-state index contributed by atoms with van der Waals surface area (Å²) >= 11 is 0. The van der Waals surface area contributed by atoms with Gasteiger partial charge in [-0.1, -0.05) is 67.1 Å². The van der Waals surface area contributed by atoms with Gasteiger partial charge in [0.15, 0.2) is 0 Å². The minimum atomic E-state index is -3.91. The van der Waals surface area contributed by atoms with E-state index in [4.69, 9.17) is 0 Å². The van der Waals surface area contributed by atoms with Gasteiger partial charge in [0.2, 0.25) is 21.8 Å². The Labute approximate surface area is 201 Å². The number of likely N-dealkylation sites (N-methyl/N-ethyl adjacent to an activating group) is 2. The summed E-state index contributed by atoms with van der Waals surface area (Å²) in [5.74, 6) is -0.731. The number of sulfonamides is 1. The number of rotatable bonds is 9. The molecule has 0 heterocycles. The molecule has 0 aromatic heterocycles. The highest BCUT2D eigenvalue weighted by Gasteiger charge is 2.31. The van der Waals surface area contributed by atoms with E-state index in [1.807, 2.05) is 62.4 Å². The monoisotopic (exact) mass is 481 g/mol. The van der Waals surface area contributed by atoms with Crippen LogP contribution in [-0.2, 0) is 26.2 Å². The van der Waals surface area contributed by atoms with E-state index in [0.717, 1.165) is 26.2 Å². The number of benzene rings is 3. The quantitative estimate of drug-likeness (QED) is 0.508. The molecular formula is C26H31N3O4S. The summed E-state index contributed by atoms with van der Waals surface area (Å²) in [5.41, 5.74) is 1.95. The van der Waals surface area contributed by atoms with Crippen molar-refractivity contribution in [3.63, 3.8) is 0 Å². The normalized spacial score (nSPS) is 12.5. The minimum absolute atomic E-state index is 0.116. The maximum atomic E-state index is 13.4. The number of aryl methyl sites for hydroxylation is 1. The number of carbonyl (C=O) groups is 2. The first-order valence-corrected chi connectivity index (χ1v) is 12.6. The maximum Gasteiger partial charge on any atom is 0.243 e. The Morgan fingerprint density at radius 1 is 0.971 bits per heavy atom. The highest BCUT2D eigenvalue weighted by atomic mass is 32.2. The second-order valence-electron chi connectivity index (χ2n) is 8.32. The van der Waals surface area contributed by atoms with Crippen molar-refractivity contribution in [3.05, 3.63) is 77.9 Å². The molecule has 0 radical (unpaired) electrons. The average molecular weight is 482 g/mol. The van der Waals surface area contributed by atoms with Gasteiger partial charge in [0.05, 0.1) is 11.4 Å². The summed E-state index contributed by atoms with van der Waals surface area (Å²) < 4.78 is 27.5. The topological polar surface area (TPSA) is 86.8 Å². The number of hydrogen-bond acceptors (Lipinski definition) is 4. The van der Waals surface area contributed by atoms with Crippen LogP contribution >= 0.6 is 0 Å². The fraction of sp³-hybridized carbons (Fsp3) is 0.308. The van der Waals surface area contributed by atoms with Crippen molar-refractivity contribution in [1.82, 2.24) is 14.5 Å². The lowest BCUT2D eigenvalue weighted by molar-refractivity contribution is -0.141. The summed E-state index contributed by atoms with van der Waals surface area (Å²) in [6, 6.07) is 19.4. The van der Waals surface area contributed by atoms with Crippen LogP contribution in [0.25, 0.3) is 10.8 Å². The second-order valence-corrected chi connectivity index (χ2v) is 10.4. The molecule has 0 aliphatic rings. The molecule has 34 heavy (non-hydrogen) atoms. The van der Waals surface area contributed by atoms with Crippen LogP contribution in [0.1, 0.15) is 24.5 Å². The van der Waals surface area contributed by atoms with Crippen molar-refractivity contribution in [2.45, 2.75) is 37.8 Å². The van der Waals surface area contributed by atoms with Crippen LogP contribution in [0, 0.1) is 6.92 Å². The Bertz CT molecular complexity index is 1270. The number of fused-ring (bicyclic) bond motifs is 1. The summed E-state index contributed by atoms with van der Waals surface area (Å²) in [5, 5.41) is 4.34. The van der Waals surface area contributed by atoms with Gasteiger partial charge in [0.25, 0.3) is 0 Å². The minimum Gasteiger partial charge on any atom is -0.357 e. The molecule has 0 aliphatic heterocycles. The Balaban J connectivity index is 1.87. The van der Waals surface area contributed by atoms with E-state index >= 15 is 0 Å². The zero-order valence-corrected chi connectivity index (χ0v) is 20.8. The zero-order valence-electron chi connectivity index (χ0n) is 20.0. The lowest BCUT2D eigenvalue weighted by Crippen LogP contribution is -2.51. The Morgan fingerprint density at radius 2 is 1.62 bits per heavy atom. The molecule has 0 unspecified atom stereocenters. The molecule has 1 atom stereocenters. The molecule has 0 bridgehead atoms. The third-order valence-corrected chi connectivity index (χ3v) is 7.69. The molecule has 0 saturated carbocycles. The molecule has 0 aliphatic carbocycles. The van der Waals surface area contributed by atoms with Crippen LogP contribution in [0.15, 0.2) is 71.6 Å². The molecule has 0 saturated heterocycles. The van der Waals surface area contributed by atoms with Crippen molar-refractivity contribution in [2.24, 2.45) is 0 Å². The van der Waals surface area contributed by atoms with Crippen LogP contribution in [0.5, 0.6) is 0 Å². The first kappa shape index (κ1) is 25.4. The van der Waals surface area contributed by atoms with E-state index < -0.39 is 22.0 Å². The number of hydrogen-bond donors (Lipinski definition) is 1. The molecule has 3 aromatic rings. The van der Waals surface area contributed by atoms with Crippen LogP contribution in [0.3, 0.4) is 0 Å². The summed E-state index contributed by atoms with van der Waals surface area (Å²) in [4.78, 5) is 27.5. The highest BCUT2D eigenvalue weighted by Crippen LogP contribution is 2.22. The van der Waals surface area contributed by atoms with Crippen LogP contribution in [-0.4, -0.2) is 56.1 Å².